The maximum Gasteiger partial charge on any atom is 0.260 e. The summed E-state index contributed by atoms with van der Waals surface area (Å²) in [7, 11) is 0. The number of carbonyl (C=O) groups excluding carboxylic acids is 2. The van der Waals surface area contributed by atoms with Gasteiger partial charge in [0.15, 0.2) is 6.61 Å². The molecular weight excluding hydrogens is 359 g/mol. The summed E-state index contributed by atoms with van der Waals surface area (Å²) in [5.74, 6) is -0.310. The number of amides is 2. The van der Waals surface area contributed by atoms with E-state index in [1.807, 2.05) is 24.3 Å². The molecule has 6 heteroatoms. The topological polar surface area (TPSA) is 49.9 Å². The van der Waals surface area contributed by atoms with Gasteiger partial charge in [-0.1, -0.05) is 37.6 Å². The minimum Gasteiger partial charge on any atom is -0.484 e. The smallest absolute Gasteiger partial charge is 0.260 e. The molecule has 1 aliphatic rings. The van der Waals surface area contributed by atoms with E-state index in [4.69, 9.17) is 4.74 Å². The van der Waals surface area contributed by atoms with Crippen molar-refractivity contribution in [3.8, 4) is 5.75 Å². The number of benzene rings is 2. The van der Waals surface area contributed by atoms with Crippen LogP contribution in [0.3, 0.4) is 0 Å². The highest BCUT2D eigenvalue weighted by Gasteiger charge is 2.26. The van der Waals surface area contributed by atoms with Crippen LogP contribution in [-0.4, -0.2) is 54.4 Å². The SMILES string of the molecule is CCCc1ccc(OCC(=O)N2CCN(C(=O)c3ccccc3F)CC2)cc1. The van der Waals surface area contributed by atoms with E-state index in [0.29, 0.717) is 31.9 Å². The third kappa shape index (κ3) is 4.88. The van der Waals surface area contributed by atoms with E-state index >= 15 is 0 Å². The van der Waals surface area contributed by atoms with Crippen LogP contribution in [0, 0.1) is 5.82 Å². The van der Waals surface area contributed by atoms with Crippen LogP contribution in [0.5, 0.6) is 5.75 Å². The first-order valence-corrected chi connectivity index (χ1v) is 9.62. The Bertz CT molecular complexity index is 815. The second-order valence-electron chi connectivity index (χ2n) is 6.84. The minimum absolute atomic E-state index is 0.0333. The summed E-state index contributed by atoms with van der Waals surface area (Å²) >= 11 is 0. The van der Waals surface area contributed by atoms with Crippen molar-refractivity contribution in [2.75, 3.05) is 32.8 Å². The lowest BCUT2D eigenvalue weighted by atomic mass is 10.1. The number of hydrogen-bond donors (Lipinski definition) is 0. The van der Waals surface area contributed by atoms with Crippen molar-refractivity contribution in [3.63, 3.8) is 0 Å². The van der Waals surface area contributed by atoms with E-state index in [0.717, 1.165) is 12.8 Å². The Kier molecular flexibility index (Phi) is 6.63. The number of aryl methyl sites for hydroxylation is 1. The average Bonchev–Trinajstić information content (AvgIpc) is 2.73. The van der Waals surface area contributed by atoms with Crippen LogP contribution in [-0.2, 0) is 11.2 Å². The Balaban J connectivity index is 1.47. The first-order chi connectivity index (χ1) is 13.6. The Morgan fingerprint density at radius 2 is 1.61 bits per heavy atom. The third-order valence-corrected chi connectivity index (χ3v) is 4.85. The Morgan fingerprint density at radius 1 is 0.964 bits per heavy atom. The number of carbonyl (C=O) groups is 2. The van der Waals surface area contributed by atoms with E-state index in [1.54, 1.807) is 21.9 Å². The second-order valence-corrected chi connectivity index (χ2v) is 6.84. The monoisotopic (exact) mass is 384 g/mol. The van der Waals surface area contributed by atoms with Gasteiger partial charge in [0.2, 0.25) is 0 Å². The summed E-state index contributed by atoms with van der Waals surface area (Å²) in [6.45, 7) is 3.69. The molecule has 2 aromatic carbocycles. The summed E-state index contributed by atoms with van der Waals surface area (Å²) < 4.78 is 19.4. The fourth-order valence-electron chi connectivity index (χ4n) is 3.24. The molecule has 0 aromatic heterocycles. The molecule has 148 valence electrons. The van der Waals surface area contributed by atoms with E-state index < -0.39 is 5.82 Å². The zero-order valence-corrected chi connectivity index (χ0v) is 16.1. The van der Waals surface area contributed by atoms with Crippen LogP contribution < -0.4 is 4.74 Å². The molecular formula is C22H25FN2O3. The molecule has 0 spiro atoms. The molecule has 0 atom stereocenters. The Labute approximate surface area is 164 Å². The Morgan fingerprint density at radius 3 is 2.25 bits per heavy atom. The largest absolute Gasteiger partial charge is 0.484 e. The number of nitrogens with zero attached hydrogens (tertiary/aromatic N) is 2. The van der Waals surface area contributed by atoms with Gasteiger partial charge in [-0.3, -0.25) is 9.59 Å². The summed E-state index contributed by atoms with van der Waals surface area (Å²) in [6.07, 6.45) is 2.11. The maximum absolute atomic E-state index is 13.8. The van der Waals surface area contributed by atoms with Crippen molar-refractivity contribution < 1.29 is 18.7 Å². The van der Waals surface area contributed by atoms with Gasteiger partial charge < -0.3 is 14.5 Å². The van der Waals surface area contributed by atoms with Gasteiger partial charge in [0.25, 0.3) is 11.8 Å². The fraction of sp³-hybridized carbons (Fsp3) is 0.364. The van der Waals surface area contributed by atoms with Crippen LogP contribution in [0.2, 0.25) is 0 Å². The van der Waals surface area contributed by atoms with Crippen molar-refractivity contribution in [1.82, 2.24) is 9.80 Å². The first kappa shape index (κ1) is 19.9. The quantitative estimate of drug-likeness (QED) is 0.769. The summed E-state index contributed by atoms with van der Waals surface area (Å²) in [5.41, 5.74) is 1.31. The van der Waals surface area contributed by atoms with E-state index in [2.05, 4.69) is 6.92 Å². The van der Waals surface area contributed by atoms with Crippen molar-refractivity contribution >= 4 is 11.8 Å². The average molecular weight is 384 g/mol. The highest BCUT2D eigenvalue weighted by Crippen LogP contribution is 2.15. The van der Waals surface area contributed by atoms with Crippen molar-refractivity contribution in [2.45, 2.75) is 19.8 Å². The number of hydrogen-bond acceptors (Lipinski definition) is 3. The molecule has 1 aliphatic heterocycles. The summed E-state index contributed by atoms with van der Waals surface area (Å²) in [4.78, 5) is 28.1. The number of ether oxygens (including phenoxy) is 1. The number of piperazine rings is 1. The van der Waals surface area contributed by atoms with Gasteiger partial charge in [-0.15, -0.1) is 0 Å². The zero-order valence-electron chi connectivity index (χ0n) is 16.1. The van der Waals surface area contributed by atoms with Crippen LogP contribution in [0.1, 0.15) is 29.3 Å². The van der Waals surface area contributed by atoms with Crippen molar-refractivity contribution in [3.05, 3.63) is 65.5 Å². The van der Waals surface area contributed by atoms with E-state index in [-0.39, 0.29) is 24.0 Å². The van der Waals surface area contributed by atoms with Crippen LogP contribution >= 0.6 is 0 Å². The molecule has 28 heavy (non-hydrogen) atoms. The normalized spacial score (nSPS) is 14.1. The lowest BCUT2D eigenvalue weighted by Gasteiger charge is -2.34. The molecule has 0 unspecified atom stereocenters. The second kappa shape index (κ2) is 9.35. The molecule has 1 fully saturated rings. The van der Waals surface area contributed by atoms with E-state index in [1.165, 1.54) is 17.7 Å². The van der Waals surface area contributed by atoms with Crippen LogP contribution in [0.4, 0.5) is 4.39 Å². The molecule has 5 nitrogen and oxygen atoms in total. The van der Waals surface area contributed by atoms with Crippen LogP contribution in [0.15, 0.2) is 48.5 Å². The molecule has 3 rings (SSSR count). The van der Waals surface area contributed by atoms with Gasteiger partial charge in [0, 0.05) is 26.2 Å². The molecule has 1 heterocycles. The van der Waals surface area contributed by atoms with E-state index in [9.17, 15) is 14.0 Å². The summed E-state index contributed by atoms with van der Waals surface area (Å²) in [5, 5.41) is 0. The first-order valence-electron chi connectivity index (χ1n) is 9.62. The predicted molar refractivity (Wildman–Crippen MR) is 105 cm³/mol. The molecule has 0 saturated carbocycles. The predicted octanol–water partition coefficient (Wildman–Crippen LogP) is 3.14. The third-order valence-electron chi connectivity index (χ3n) is 4.85. The molecule has 0 bridgehead atoms. The lowest BCUT2D eigenvalue weighted by Crippen LogP contribution is -2.51. The van der Waals surface area contributed by atoms with Gasteiger partial charge in [0.05, 0.1) is 5.56 Å². The molecule has 0 aliphatic carbocycles. The van der Waals surface area contributed by atoms with Crippen LogP contribution in [0.25, 0.3) is 0 Å². The highest BCUT2D eigenvalue weighted by molar-refractivity contribution is 5.94. The highest BCUT2D eigenvalue weighted by atomic mass is 19.1. The molecule has 1 saturated heterocycles. The van der Waals surface area contributed by atoms with Gasteiger partial charge >= 0.3 is 0 Å². The molecule has 2 aromatic rings. The van der Waals surface area contributed by atoms with Gasteiger partial charge in [-0.05, 0) is 36.2 Å². The fourth-order valence-corrected chi connectivity index (χ4v) is 3.24. The van der Waals surface area contributed by atoms with Crippen molar-refractivity contribution in [1.29, 1.82) is 0 Å². The van der Waals surface area contributed by atoms with Gasteiger partial charge in [0.1, 0.15) is 11.6 Å². The number of rotatable bonds is 6. The Hall–Kier alpha value is -2.89. The lowest BCUT2D eigenvalue weighted by molar-refractivity contribution is -0.134. The molecule has 0 N–H and O–H groups in total. The number of halogens is 1. The van der Waals surface area contributed by atoms with Gasteiger partial charge in [-0.25, -0.2) is 4.39 Å². The standard InChI is InChI=1S/C22H25FN2O3/c1-2-5-17-8-10-18(11-9-17)28-16-21(26)24-12-14-25(15-13-24)22(27)19-6-3-4-7-20(19)23/h3-4,6-11H,2,5,12-16H2,1H3. The summed E-state index contributed by atoms with van der Waals surface area (Å²) in [6, 6.07) is 13.7. The van der Waals surface area contributed by atoms with Crippen molar-refractivity contribution in [2.24, 2.45) is 0 Å². The molecule has 0 radical (unpaired) electrons. The van der Waals surface area contributed by atoms with Gasteiger partial charge in [-0.2, -0.15) is 0 Å². The molecule has 2 amide bonds. The minimum atomic E-state index is -0.524. The zero-order chi connectivity index (χ0) is 19.9. The maximum atomic E-state index is 13.8.